The van der Waals surface area contributed by atoms with E-state index in [2.05, 4.69) is 24.3 Å². The van der Waals surface area contributed by atoms with Gasteiger partial charge in [0.2, 0.25) is 0 Å². The van der Waals surface area contributed by atoms with Crippen LogP contribution in [0.25, 0.3) is 0 Å². The van der Waals surface area contributed by atoms with Crippen LogP contribution in [0.1, 0.15) is 33.6 Å². The van der Waals surface area contributed by atoms with Crippen LogP contribution in [-0.4, -0.2) is 18.7 Å². The summed E-state index contributed by atoms with van der Waals surface area (Å²) >= 11 is 0. The summed E-state index contributed by atoms with van der Waals surface area (Å²) in [6, 6.07) is -0.137. The quantitative estimate of drug-likeness (QED) is 0.747. The molecule has 0 radical (unpaired) electrons. The van der Waals surface area contributed by atoms with Crippen molar-refractivity contribution in [2.24, 2.45) is 11.5 Å². The highest BCUT2D eigenvalue weighted by atomic mass is 35.5. The van der Waals surface area contributed by atoms with Gasteiger partial charge in [0, 0.05) is 6.04 Å². The van der Waals surface area contributed by atoms with Crippen LogP contribution in [0.2, 0.25) is 0 Å². The summed E-state index contributed by atoms with van der Waals surface area (Å²) in [5.41, 5.74) is 9.83. The van der Waals surface area contributed by atoms with Gasteiger partial charge in [-0.3, -0.25) is 0 Å². The van der Waals surface area contributed by atoms with Gasteiger partial charge in [-0.2, -0.15) is 0 Å². The number of unbranched alkanes of at least 4 members (excludes halogenated alkanes) is 1. The van der Waals surface area contributed by atoms with Gasteiger partial charge in [0.25, 0.3) is 0 Å². The number of hydrogen-bond donors (Lipinski definition) is 2. The van der Waals surface area contributed by atoms with E-state index in [1.807, 2.05) is 0 Å². The molecular formula is C8H21ClN2O2. The predicted molar refractivity (Wildman–Crippen MR) is 57.0 cm³/mol. The van der Waals surface area contributed by atoms with Gasteiger partial charge in [0.15, 0.2) is 0 Å². The Bertz CT molecular complexity index is 108. The Kier molecular flexibility index (Phi) is 19.8. The highest BCUT2D eigenvalue weighted by molar-refractivity contribution is 5.85. The minimum atomic E-state index is -0.776. The predicted octanol–water partition coefficient (Wildman–Crippen LogP) is 1.66. The summed E-state index contributed by atoms with van der Waals surface area (Å²) in [6.07, 6.45) is 1.86. The molecule has 1 atom stereocenters. The Morgan fingerprint density at radius 3 is 1.85 bits per heavy atom. The number of amides is 1. The van der Waals surface area contributed by atoms with Crippen LogP contribution < -0.4 is 11.5 Å². The third-order valence-corrected chi connectivity index (χ3v) is 0.988. The van der Waals surface area contributed by atoms with Crippen molar-refractivity contribution < 1.29 is 9.53 Å². The summed E-state index contributed by atoms with van der Waals surface area (Å²) in [5.74, 6) is 0. The molecule has 1 amide bonds. The SMILES string of the molecule is CC(N)COC(N)=O.CCCC.Cl. The number of carbonyl (C=O) groups is 1. The second-order valence-corrected chi connectivity index (χ2v) is 2.61. The maximum absolute atomic E-state index is 9.85. The van der Waals surface area contributed by atoms with E-state index in [1.165, 1.54) is 12.8 Å². The van der Waals surface area contributed by atoms with E-state index in [0.29, 0.717) is 0 Å². The molecule has 0 rings (SSSR count). The average molecular weight is 213 g/mol. The van der Waals surface area contributed by atoms with Crippen LogP contribution in [-0.2, 0) is 4.74 Å². The molecule has 0 aromatic carbocycles. The number of hydrogen-bond acceptors (Lipinski definition) is 3. The molecule has 0 saturated heterocycles. The van der Waals surface area contributed by atoms with Gasteiger partial charge in [-0.25, -0.2) is 4.79 Å². The normalized spacial score (nSPS) is 10.2. The molecule has 4 N–H and O–H groups in total. The van der Waals surface area contributed by atoms with Crippen LogP contribution in [0.5, 0.6) is 0 Å². The first-order valence-corrected chi connectivity index (χ1v) is 4.22. The zero-order valence-corrected chi connectivity index (χ0v) is 9.39. The molecule has 0 heterocycles. The van der Waals surface area contributed by atoms with Crippen molar-refractivity contribution in [2.75, 3.05) is 6.61 Å². The Hall–Kier alpha value is -0.480. The largest absolute Gasteiger partial charge is 0.448 e. The zero-order valence-electron chi connectivity index (χ0n) is 8.58. The van der Waals surface area contributed by atoms with Crippen molar-refractivity contribution >= 4 is 18.5 Å². The highest BCUT2D eigenvalue weighted by Crippen LogP contribution is 1.77. The molecule has 1 unspecified atom stereocenters. The van der Waals surface area contributed by atoms with E-state index < -0.39 is 6.09 Å². The van der Waals surface area contributed by atoms with Crippen LogP contribution >= 0.6 is 12.4 Å². The second kappa shape index (κ2) is 14.1. The maximum atomic E-state index is 9.85. The number of carbonyl (C=O) groups excluding carboxylic acids is 1. The third-order valence-electron chi connectivity index (χ3n) is 0.988. The van der Waals surface area contributed by atoms with Crippen molar-refractivity contribution in [3.63, 3.8) is 0 Å². The minimum absolute atomic E-state index is 0. The fourth-order valence-corrected chi connectivity index (χ4v) is 0.214. The zero-order chi connectivity index (χ0) is 9.98. The van der Waals surface area contributed by atoms with E-state index in [9.17, 15) is 4.79 Å². The van der Waals surface area contributed by atoms with Crippen molar-refractivity contribution in [3.8, 4) is 0 Å². The summed E-state index contributed by atoms with van der Waals surface area (Å²) < 4.78 is 4.32. The lowest BCUT2D eigenvalue weighted by Crippen LogP contribution is -2.26. The Morgan fingerprint density at radius 1 is 1.38 bits per heavy atom. The standard InChI is InChI=1S/C4H10N2O2.C4H10.ClH/c1-3(5)2-8-4(6)7;1-3-4-2;/h3H,2,5H2,1H3,(H2,6,7);3-4H2,1-2H3;1H. The molecular weight excluding hydrogens is 192 g/mol. The van der Waals surface area contributed by atoms with Gasteiger partial charge in [-0.15, -0.1) is 12.4 Å². The Labute approximate surface area is 86.4 Å². The summed E-state index contributed by atoms with van der Waals surface area (Å²) in [6.45, 7) is 6.28. The van der Waals surface area contributed by atoms with Gasteiger partial charge in [-0.1, -0.05) is 26.7 Å². The van der Waals surface area contributed by atoms with Gasteiger partial charge < -0.3 is 16.2 Å². The first kappa shape index (κ1) is 18.3. The molecule has 4 nitrogen and oxygen atoms in total. The molecule has 0 saturated carbocycles. The molecule has 0 aromatic heterocycles. The Balaban J connectivity index is -0.000000173. The molecule has 0 aliphatic carbocycles. The summed E-state index contributed by atoms with van der Waals surface area (Å²) in [7, 11) is 0. The van der Waals surface area contributed by atoms with E-state index in [0.717, 1.165) is 0 Å². The lowest BCUT2D eigenvalue weighted by atomic mass is 10.4. The molecule has 82 valence electrons. The molecule has 5 heteroatoms. The monoisotopic (exact) mass is 212 g/mol. The van der Waals surface area contributed by atoms with E-state index in [-0.39, 0.29) is 25.1 Å². The number of rotatable bonds is 3. The van der Waals surface area contributed by atoms with Gasteiger partial charge in [0.05, 0.1) is 0 Å². The third kappa shape index (κ3) is 34.3. The van der Waals surface area contributed by atoms with Crippen LogP contribution in [0.3, 0.4) is 0 Å². The van der Waals surface area contributed by atoms with Crippen LogP contribution in [0.4, 0.5) is 4.79 Å². The van der Waals surface area contributed by atoms with Crippen molar-refractivity contribution in [1.82, 2.24) is 0 Å². The second-order valence-electron chi connectivity index (χ2n) is 2.61. The van der Waals surface area contributed by atoms with E-state index in [4.69, 9.17) is 5.73 Å². The first-order valence-electron chi connectivity index (χ1n) is 4.22. The lowest BCUT2D eigenvalue weighted by Gasteiger charge is -2.02. The number of ether oxygens (including phenoxy) is 1. The summed E-state index contributed by atoms with van der Waals surface area (Å²) in [4.78, 5) is 9.85. The summed E-state index contributed by atoms with van der Waals surface area (Å²) in [5, 5.41) is 0. The van der Waals surface area contributed by atoms with Gasteiger partial charge >= 0.3 is 6.09 Å². The minimum Gasteiger partial charge on any atom is -0.448 e. The van der Waals surface area contributed by atoms with E-state index >= 15 is 0 Å². The molecule has 0 spiro atoms. The number of nitrogens with two attached hydrogens (primary N) is 2. The number of halogens is 1. The smallest absolute Gasteiger partial charge is 0.404 e. The van der Waals surface area contributed by atoms with Crippen LogP contribution in [0, 0.1) is 0 Å². The molecule has 0 aromatic rings. The highest BCUT2D eigenvalue weighted by Gasteiger charge is 1.95. The molecule has 13 heavy (non-hydrogen) atoms. The lowest BCUT2D eigenvalue weighted by molar-refractivity contribution is 0.151. The van der Waals surface area contributed by atoms with Crippen molar-refractivity contribution in [2.45, 2.75) is 39.7 Å². The van der Waals surface area contributed by atoms with Crippen molar-refractivity contribution in [1.29, 1.82) is 0 Å². The maximum Gasteiger partial charge on any atom is 0.404 e. The molecule has 0 aliphatic heterocycles. The first-order chi connectivity index (χ1) is 5.54. The Morgan fingerprint density at radius 2 is 1.77 bits per heavy atom. The number of primary amides is 1. The van der Waals surface area contributed by atoms with E-state index in [1.54, 1.807) is 6.92 Å². The van der Waals surface area contributed by atoms with Gasteiger partial charge in [0.1, 0.15) is 6.61 Å². The van der Waals surface area contributed by atoms with Gasteiger partial charge in [-0.05, 0) is 6.92 Å². The molecule has 0 fully saturated rings. The molecule has 0 aliphatic rings. The van der Waals surface area contributed by atoms with Crippen molar-refractivity contribution in [3.05, 3.63) is 0 Å². The topological polar surface area (TPSA) is 78.3 Å². The van der Waals surface area contributed by atoms with Crippen LogP contribution in [0.15, 0.2) is 0 Å². The average Bonchev–Trinajstić information content (AvgIpc) is 2.01. The fraction of sp³-hybridized carbons (Fsp3) is 0.875. The molecule has 0 bridgehead atoms. The fourth-order valence-electron chi connectivity index (χ4n) is 0.214.